The van der Waals surface area contributed by atoms with Crippen molar-refractivity contribution >= 4 is 17.8 Å². The molecule has 0 atom stereocenters. The average molecular weight is 380 g/mol. The van der Waals surface area contributed by atoms with Crippen molar-refractivity contribution in [2.45, 2.75) is 33.1 Å². The largest absolute Gasteiger partial charge is 0.452 e. The SMILES string of the molecule is COCC(=O)Oc1ccc2c(c1C)O/C(=C\c1ccc(C(C)(C)C)cc1)C2=O. The maximum Gasteiger partial charge on any atom is 0.337 e. The first kappa shape index (κ1) is 19.8. The van der Waals surface area contributed by atoms with Crippen molar-refractivity contribution in [1.82, 2.24) is 0 Å². The van der Waals surface area contributed by atoms with E-state index in [1.54, 1.807) is 25.1 Å². The standard InChI is InChI=1S/C23H24O5/c1-14-18(27-20(24)13-26-5)11-10-17-21(25)19(28-22(14)17)12-15-6-8-16(9-7-15)23(2,3)4/h6-12H,13H2,1-5H3/b19-12-. The molecule has 0 spiro atoms. The van der Waals surface area contributed by atoms with Crippen LogP contribution in [0.4, 0.5) is 0 Å². The van der Waals surface area contributed by atoms with Crippen molar-refractivity contribution in [1.29, 1.82) is 0 Å². The third-order valence-corrected chi connectivity index (χ3v) is 4.60. The highest BCUT2D eigenvalue weighted by Crippen LogP contribution is 2.39. The van der Waals surface area contributed by atoms with Crippen molar-refractivity contribution in [3.63, 3.8) is 0 Å². The number of hydrogen-bond acceptors (Lipinski definition) is 5. The van der Waals surface area contributed by atoms with Crippen LogP contribution in [0.5, 0.6) is 11.5 Å². The third kappa shape index (κ3) is 3.99. The zero-order valence-electron chi connectivity index (χ0n) is 16.8. The number of fused-ring (bicyclic) bond motifs is 1. The zero-order chi connectivity index (χ0) is 20.5. The summed E-state index contributed by atoms with van der Waals surface area (Å²) in [6.45, 7) is 8.07. The predicted molar refractivity (Wildman–Crippen MR) is 107 cm³/mol. The Hall–Kier alpha value is -2.92. The molecule has 2 aromatic carbocycles. The molecule has 0 fully saturated rings. The molecule has 5 nitrogen and oxygen atoms in total. The van der Waals surface area contributed by atoms with E-state index in [0.717, 1.165) is 5.56 Å². The summed E-state index contributed by atoms with van der Waals surface area (Å²) >= 11 is 0. The Morgan fingerprint density at radius 1 is 1.11 bits per heavy atom. The second kappa shape index (κ2) is 7.60. The monoisotopic (exact) mass is 380 g/mol. The summed E-state index contributed by atoms with van der Waals surface area (Å²) in [6, 6.07) is 11.3. The Morgan fingerprint density at radius 2 is 1.79 bits per heavy atom. The normalized spacial score (nSPS) is 14.8. The van der Waals surface area contributed by atoms with Crippen LogP contribution in [0.1, 0.15) is 47.8 Å². The van der Waals surface area contributed by atoms with E-state index in [1.165, 1.54) is 12.7 Å². The molecule has 5 heteroatoms. The lowest BCUT2D eigenvalue weighted by Gasteiger charge is -2.18. The number of ether oxygens (including phenoxy) is 3. The maximum atomic E-state index is 12.7. The van der Waals surface area contributed by atoms with E-state index < -0.39 is 5.97 Å². The number of benzene rings is 2. The van der Waals surface area contributed by atoms with Gasteiger partial charge in [-0.2, -0.15) is 0 Å². The van der Waals surface area contributed by atoms with Crippen molar-refractivity contribution in [2.24, 2.45) is 0 Å². The number of ketones is 1. The molecule has 0 amide bonds. The van der Waals surface area contributed by atoms with Gasteiger partial charge in [0.15, 0.2) is 5.76 Å². The van der Waals surface area contributed by atoms with Gasteiger partial charge in [-0.1, -0.05) is 45.0 Å². The molecule has 0 saturated heterocycles. The fraction of sp³-hybridized carbons (Fsp3) is 0.304. The molecular weight excluding hydrogens is 356 g/mol. The Kier molecular flexibility index (Phi) is 5.38. The smallest absolute Gasteiger partial charge is 0.337 e. The zero-order valence-corrected chi connectivity index (χ0v) is 16.8. The van der Waals surface area contributed by atoms with E-state index in [0.29, 0.717) is 22.6 Å². The summed E-state index contributed by atoms with van der Waals surface area (Å²) < 4.78 is 15.9. The third-order valence-electron chi connectivity index (χ3n) is 4.60. The van der Waals surface area contributed by atoms with Gasteiger partial charge in [-0.15, -0.1) is 0 Å². The first-order valence-corrected chi connectivity index (χ1v) is 9.08. The fourth-order valence-corrected chi connectivity index (χ4v) is 2.98. The molecule has 2 aromatic rings. The van der Waals surface area contributed by atoms with E-state index in [1.807, 2.05) is 12.1 Å². The summed E-state index contributed by atoms with van der Waals surface area (Å²) in [5, 5.41) is 0. The number of hydrogen-bond donors (Lipinski definition) is 0. The summed E-state index contributed by atoms with van der Waals surface area (Å²) in [5.41, 5.74) is 3.22. The molecule has 1 aliphatic heterocycles. The summed E-state index contributed by atoms with van der Waals surface area (Å²) in [6.07, 6.45) is 1.73. The van der Waals surface area contributed by atoms with Gasteiger partial charge in [0.25, 0.3) is 0 Å². The summed E-state index contributed by atoms with van der Waals surface area (Å²) in [5.74, 6) is 0.328. The number of rotatable bonds is 4. The van der Waals surface area contributed by atoms with Crippen LogP contribution in [0.15, 0.2) is 42.2 Å². The maximum absolute atomic E-state index is 12.7. The number of esters is 1. The molecule has 0 bridgehead atoms. The van der Waals surface area contributed by atoms with E-state index in [-0.39, 0.29) is 23.6 Å². The Balaban J connectivity index is 1.86. The van der Waals surface area contributed by atoms with Crippen LogP contribution in [-0.4, -0.2) is 25.5 Å². The van der Waals surface area contributed by atoms with Gasteiger partial charge >= 0.3 is 5.97 Å². The van der Waals surface area contributed by atoms with Gasteiger partial charge in [-0.05, 0) is 41.7 Å². The second-order valence-corrected chi connectivity index (χ2v) is 7.78. The van der Waals surface area contributed by atoms with Gasteiger partial charge in [-0.3, -0.25) is 4.79 Å². The van der Waals surface area contributed by atoms with E-state index >= 15 is 0 Å². The Bertz CT molecular complexity index is 946. The molecule has 0 radical (unpaired) electrons. The summed E-state index contributed by atoms with van der Waals surface area (Å²) in [7, 11) is 1.42. The average Bonchev–Trinajstić information content (AvgIpc) is 2.94. The molecule has 3 rings (SSSR count). The number of allylic oxidation sites excluding steroid dienone is 1. The first-order valence-electron chi connectivity index (χ1n) is 9.08. The van der Waals surface area contributed by atoms with Gasteiger partial charge in [0.1, 0.15) is 18.1 Å². The topological polar surface area (TPSA) is 61.8 Å². The van der Waals surface area contributed by atoms with Gasteiger partial charge in [0, 0.05) is 12.7 Å². The Labute approximate surface area is 164 Å². The van der Waals surface area contributed by atoms with Crippen LogP contribution in [0.3, 0.4) is 0 Å². The molecule has 0 aromatic heterocycles. The molecule has 0 saturated carbocycles. The van der Waals surface area contributed by atoms with Crippen LogP contribution >= 0.6 is 0 Å². The minimum absolute atomic E-state index is 0.0648. The number of carbonyl (C=O) groups is 2. The molecular formula is C23H24O5. The predicted octanol–water partition coefficient (Wildman–Crippen LogP) is 4.46. The second-order valence-electron chi connectivity index (χ2n) is 7.78. The lowest BCUT2D eigenvalue weighted by atomic mass is 9.86. The highest BCUT2D eigenvalue weighted by atomic mass is 16.6. The lowest BCUT2D eigenvalue weighted by Crippen LogP contribution is -2.14. The van der Waals surface area contributed by atoms with Gasteiger partial charge in [0.05, 0.1) is 5.56 Å². The van der Waals surface area contributed by atoms with Crippen molar-refractivity contribution < 1.29 is 23.8 Å². The molecule has 0 unspecified atom stereocenters. The van der Waals surface area contributed by atoms with Gasteiger partial charge < -0.3 is 14.2 Å². The highest BCUT2D eigenvalue weighted by Gasteiger charge is 2.30. The van der Waals surface area contributed by atoms with Gasteiger partial charge in [0.2, 0.25) is 5.78 Å². The van der Waals surface area contributed by atoms with Crippen molar-refractivity contribution in [3.8, 4) is 11.5 Å². The molecule has 0 aliphatic carbocycles. The van der Waals surface area contributed by atoms with Crippen LogP contribution in [0.25, 0.3) is 6.08 Å². The molecule has 146 valence electrons. The number of Topliss-reactive ketones (excluding diaryl/α,β-unsaturated/α-hetero) is 1. The van der Waals surface area contributed by atoms with Crippen LogP contribution < -0.4 is 9.47 Å². The van der Waals surface area contributed by atoms with Crippen LogP contribution in [0, 0.1) is 6.92 Å². The molecule has 0 N–H and O–H groups in total. The molecule has 1 aliphatic rings. The van der Waals surface area contributed by atoms with Gasteiger partial charge in [-0.25, -0.2) is 4.79 Å². The molecule has 1 heterocycles. The van der Waals surface area contributed by atoms with Crippen molar-refractivity contribution in [2.75, 3.05) is 13.7 Å². The molecule has 28 heavy (non-hydrogen) atoms. The van der Waals surface area contributed by atoms with Crippen molar-refractivity contribution in [3.05, 3.63) is 64.4 Å². The van der Waals surface area contributed by atoms with E-state index in [9.17, 15) is 9.59 Å². The number of carbonyl (C=O) groups excluding carboxylic acids is 2. The number of methoxy groups -OCH3 is 1. The van der Waals surface area contributed by atoms with E-state index in [4.69, 9.17) is 14.2 Å². The minimum Gasteiger partial charge on any atom is -0.452 e. The quantitative estimate of drug-likeness (QED) is 0.445. The van der Waals surface area contributed by atoms with E-state index in [2.05, 4.69) is 32.9 Å². The highest BCUT2D eigenvalue weighted by molar-refractivity contribution is 6.15. The van der Waals surface area contributed by atoms with Crippen LogP contribution in [-0.2, 0) is 14.9 Å². The fourth-order valence-electron chi connectivity index (χ4n) is 2.98. The Morgan fingerprint density at radius 3 is 2.39 bits per heavy atom. The summed E-state index contributed by atoms with van der Waals surface area (Å²) in [4.78, 5) is 24.4. The lowest BCUT2D eigenvalue weighted by molar-refractivity contribution is -0.138. The first-order chi connectivity index (χ1) is 13.2. The van der Waals surface area contributed by atoms with Crippen LogP contribution in [0.2, 0.25) is 0 Å². The minimum atomic E-state index is -0.510.